The number of ether oxygens (including phenoxy) is 2. The second-order valence-corrected chi connectivity index (χ2v) is 9.14. The topological polar surface area (TPSA) is 132 Å². The van der Waals surface area contributed by atoms with Gasteiger partial charge in [-0.3, -0.25) is 9.59 Å². The maximum Gasteiger partial charge on any atom is 0.293 e. The van der Waals surface area contributed by atoms with Crippen LogP contribution in [0.4, 0.5) is 0 Å². The highest BCUT2D eigenvalue weighted by atomic mass is 16.5. The normalized spacial score (nSPS) is 8.94. The molecule has 0 atom stereocenters. The Morgan fingerprint density at radius 2 is 0.979 bits per heavy atom. The molecule has 0 fully saturated rings. The van der Waals surface area contributed by atoms with Crippen LogP contribution >= 0.6 is 0 Å². The van der Waals surface area contributed by atoms with Gasteiger partial charge in [-0.1, -0.05) is 96.6 Å². The number of aliphatic hydroxyl groups is 2. The summed E-state index contributed by atoms with van der Waals surface area (Å²) in [6.45, 7) is 5.56. The number of hydrogen-bond donors (Lipinski definition) is 2. The Bertz CT molecular complexity index is 1470. The van der Waals surface area contributed by atoms with Crippen LogP contribution in [0, 0.1) is 13.8 Å². The summed E-state index contributed by atoms with van der Waals surface area (Å²) in [7, 11) is 0. The van der Waals surface area contributed by atoms with Crippen molar-refractivity contribution in [3.05, 3.63) is 180 Å². The molecule has 6 rings (SSSR count). The van der Waals surface area contributed by atoms with Gasteiger partial charge < -0.3 is 32.9 Å². The highest BCUT2D eigenvalue weighted by Gasteiger charge is 1.91. The Morgan fingerprint density at radius 3 is 1.30 bits per heavy atom. The monoisotopic (exact) mass is 642 g/mol. The van der Waals surface area contributed by atoms with Gasteiger partial charge in [0, 0.05) is 0 Å². The first-order valence-electron chi connectivity index (χ1n) is 14.5. The van der Waals surface area contributed by atoms with Gasteiger partial charge in [0.1, 0.15) is 37.1 Å². The molecule has 0 amide bonds. The smallest absolute Gasteiger partial charge is 0.293 e. The molecule has 0 radical (unpaired) electrons. The highest BCUT2D eigenvalue weighted by molar-refractivity contribution is 5.37. The van der Waals surface area contributed by atoms with Gasteiger partial charge in [0.05, 0.1) is 25.4 Å². The standard InChI is InChI=1S/C8H8O2.C7H8O.C7H8.C6H6O3.C5H6O2.C5H6O/c9-7-10-6-8-4-2-1-3-5-8;8-6-7-4-2-1-3-5-7;1-7-5-3-2-4-6-7;7-5-8-4-6-2-1-3-9-6;6-4-5-2-1-3-7-5;1-5-3-2-4-6-5/h1-5,7H,6H2;1-5,8H,6H2;2-6H,1H3;1-3,5H,4H2;1-3,6H,4H2;2-4H,1H3. The third kappa shape index (κ3) is 22.5. The SMILES string of the molecule is Cc1ccccc1.Cc1ccco1.O=COCc1ccccc1.O=COCc1ccco1.OCc1ccccc1.OCc1ccco1. The van der Waals surface area contributed by atoms with Gasteiger partial charge in [0.2, 0.25) is 0 Å². The molecule has 6 aromatic rings. The van der Waals surface area contributed by atoms with Crippen molar-refractivity contribution in [2.75, 3.05) is 0 Å². The van der Waals surface area contributed by atoms with Crippen LogP contribution in [-0.2, 0) is 45.5 Å². The minimum atomic E-state index is -0.00694. The molecule has 0 spiro atoms. The van der Waals surface area contributed by atoms with Gasteiger partial charge >= 0.3 is 0 Å². The third-order valence-electron chi connectivity index (χ3n) is 5.40. The summed E-state index contributed by atoms with van der Waals surface area (Å²) in [4.78, 5) is 19.4. The van der Waals surface area contributed by atoms with Crippen LogP contribution in [0.3, 0.4) is 0 Å². The Hall–Kier alpha value is -5.64. The number of benzene rings is 3. The first kappa shape index (κ1) is 39.4. The van der Waals surface area contributed by atoms with Crippen LogP contribution in [-0.4, -0.2) is 23.2 Å². The summed E-state index contributed by atoms with van der Waals surface area (Å²) in [5.41, 5.74) is 3.30. The molecule has 9 heteroatoms. The van der Waals surface area contributed by atoms with Crippen molar-refractivity contribution in [3.63, 3.8) is 0 Å². The van der Waals surface area contributed by atoms with E-state index in [-0.39, 0.29) is 19.8 Å². The summed E-state index contributed by atoms with van der Waals surface area (Å²) >= 11 is 0. The van der Waals surface area contributed by atoms with Crippen molar-refractivity contribution in [2.45, 2.75) is 40.3 Å². The number of aryl methyl sites for hydroxylation is 2. The zero-order chi connectivity index (χ0) is 34.2. The number of carbonyl (C=O) groups is 2. The number of aliphatic hydroxyl groups excluding tert-OH is 2. The Balaban J connectivity index is 0.000000284. The van der Waals surface area contributed by atoms with Crippen molar-refractivity contribution < 1.29 is 42.5 Å². The molecule has 0 saturated heterocycles. The van der Waals surface area contributed by atoms with Crippen molar-refractivity contribution in [2.24, 2.45) is 0 Å². The van der Waals surface area contributed by atoms with E-state index in [2.05, 4.69) is 28.5 Å². The lowest BCUT2D eigenvalue weighted by atomic mass is 10.2. The summed E-state index contributed by atoms with van der Waals surface area (Å²) in [6.07, 6.45) is 4.73. The molecule has 0 saturated carbocycles. The first-order valence-corrected chi connectivity index (χ1v) is 14.5. The van der Waals surface area contributed by atoms with E-state index in [1.54, 1.807) is 30.5 Å². The van der Waals surface area contributed by atoms with E-state index < -0.39 is 0 Å². The largest absolute Gasteiger partial charge is 0.470 e. The van der Waals surface area contributed by atoms with Gasteiger partial charge in [-0.25, -0.2) is 0 Å². The maximum atomic E-state index is 9.76. The zero-order valence-electron chi connectivity index (χ0n) is 26.6. The predicted molar refractivity (Wildman–Crippen MR) is 178 cm³/mol. The minimum Gasteiger partial charge on any atom is -0.470 e. The van der Waals surface area contributed by atoms with Gasteiger partial charge in [0.25, 0.3) is 12.9 Å². The van der Waals surface area contributed by atoms with E-state index in [0.29, 0.717) is 31.1 Å². The molecule has 9 nitrogen and oxygen atoms in total. The fourth-order valence-electron chi connectivity index (χ4n) is 3.10. The lowest BCUT2D eigenvalue weighted by Crippen LogP contribution is -1.88. The first-order chi connectivity index (χ1) is 23.0. The molecule has 0 aliphatic rings. The molecule has 0 aliphatic carbocycles. The summed E-state index contributed by atoms with van der Waals surface area (Å²) in [5, 5.41) is 16.9. The number of furan rings is 3. The average molecular weight is 643 g/mol. The molecular weight excluding hydrogens is 600 g/mol. The quantitative estimate of drug-likeness (QED) is 0.159. The van der Waals surface area contributed by atoms with E-state index in [1.807, 2.05) is 97.9 Å². The van der Waals surface area contributed by atoms with Gasteiger partial charge in [0.15, 0.2) is 0 Å². The van der Waals surface area contributed by atoms with Crippen molar-refractivity contribution in [3.8, 4) is 0 Å². The zero-order valence-corrected chi connectivity index (χ0v) is 26.6. The fraction of sp³-hybridized carbons (Fsp3) is 0.158. The van der Waals surface area contributed by atoms with E-state index >= 15 is 0 Å². The van der Waals surface area contributed by atoms with E-state index in [1.165, 1.54) is 18.1 Å². The van der Waals surface area contributed by atoms with Crippen LogP contribution in [0.1, 0.15) is 34.0 Å². The lowest BCUT2D eigenvalue weighted by Gasteiger charge is -1.95. The second-order valence-electron chi connectivity index (χ2n) is 9.14. The van der Waals surface area contributed by atoms with Crippen LogP contribution in [0.25, 0.3) is 0 Å². The van der Waals surface area contributed by atoms with Crippen LogP contribution in [0.5, 0.6) is 0 Å². The molecule has 47 heavy (non-hydrogen) atoms. The highest BCUT2D eigenvalue weighted by Crippen LogP contribution is 2.00. The van der Waals surface area contributed by atoms with Gasteiger partial charge in [-0.15, -0.1) is 0 Å². The Morgan fingerprint density at radius 1 is 0.511 bits per heavy atom. The van der Waals surface area contributed by atoms with Crippen molar-refractivity contribution >= 4 is 12.9 Å². The predicted octanol–water partition coefficient (Wildman–Crippen LogP) is 7.85. The van der Waals surface area contributed by atoms with Gasteiger partial charge in [-0.2, -0.15) is 0 Å². The second kappa shape index (κ2) is 27.9. The van der Waals surface area contributed by atoms with Crippen LogP contribution < -0.4 is 0 Å². The molecule has 248 valence electrons. The Labute approximate surface area is 275 Å². The molecule has 3 aromatic carbocycles. The summed E-state index contributed by atoms with van der Waals surface area (Å²) in [5.74, 6) is 2.23. The van der Waals surface area contributed by atoms with E-state index in [0.717, 1.165) is 16.9 Å². The third-order valence-corrected chi connectivity index (χ3v) is 5.40. The molecule has 3 aromatic heterocycles. The maximum absolute atomic E-state index is 9.76. The molecule has 0 aliphatic heterocycles. The average Bonchev–Trinajstić information content (AvgIpc) is 3.94. The number of rotatable bonds is 8. The van der Waals surface area contributed by atoms with Crippen LogP contribution in [0.2, 0.25) is 0 Å². The molecule has 0 unspecified atom stereocenters. The van der Waals surface area contributed by atoms with E-state index in [4.69, 9.17) is 23.5 Å². The summed E-state index contributed by atoms with van der Waals surface area (Å²) < 4.78 is 23.4. The Kier molecular flexibility index (Phi) is 23.4. The van der Waals surface area contributed by atoms with Crippen LogP contribution in [0.15, 0.2) is 159 Å². The number of hydrogen-bond acceptors (Lipinski definition) is 9. The molecule has 3 heterocycles. The summed E-state index contributed by atoms with van der Waals surface area (Å²) in [6, 6.07) is 40.1. The van der Waals surface area contributed by atoms with Gasteiger partial charge in [-0.05, 0) is 61.4 Å². The fourth-order valence-corrected chi connectivity index (χ4v) is 3.10. The van der Waals surface area contributed by atoms with E-state index in [9.17, 15) is 9.59 Å². The lowest BCUT2D eigenvalue weighted by molar-refractivity contribution is -0.130. The minimum absolute atomic E-state index is 0.00694. The van der Waals surface area contributed by atoms with Crippen molar-refractivity contribution in [1.82, 2.24) is 0 Å². The molecule has 2 N–H and O–H groups in total. The molecular formula is C38H42O9. The molecule has 0 bridgehead atoms. The number of carbonyl (C=O) groups excluding carboxylic acids is 2. The van der Waals surface area contributed by atoms with Crippen molar-refractivity contribution in [1.29, 1.82) is 0 Å².